The Balaban J connectivity index is 2.42. The SMILES string of the molecule is CCOc1cc2c(cc1OC)CCN(P(=O)(C(C)C)C(C)C)CC2=O. The van der Waals surface area contributed by atoms with Crippen molar-refractivity contribution in [3.8, 4) is 11.5 Å². The molecule has 1 aromatic carbocycles. The van der Waals surface area contributed by atoms with Crippen molar-refractivity contribution in [2.45, 2.75) is 52.4 Å². The molecule has 0 aliphatic carbocycles. The third-order valence-electron chi connectivity index (χ3n) is 4.88. The maximum absolute atomic E-state index is 13.6. The van der Waals surface area contributed by atoms with E-state index in [1.54, 1.807) is 13.2 Å². The first-order chi connectivity index (χ1) is 11.7. The highest BCUT2D eigenvalue weighted by atomic mass is 31.2. The summed E-state index contributed by atoms with van der Waals surface area (Å²) in [7, 11) is -1.03. The number of ketones is 1. The average Bonchev–Trinajstić information content (AvgIpc) is 2.72. The minimum Gasteiger partial charge on any atom is -0.493 e. The van der Waals surface area contributed by atoms with E-state index >= 15 is 0 Å². The molecule has 1 heterocycles. The second-order valence-corrected chi connectivity index (χ2v) is 11.0. The van der Waals surface area contributed by atoms with E-state index in [2.05, 4.69) is 0 Å². The molecule has 0 saturated carbocycles. The van der Waals surface area contributed by atoms with Gasteiger partial charge in [-0.1, -0.05) is 27.7 Å². The smallest absolute Gasteiger partial charge is 0.177 e. The van der Waals surface area contributed by atoms with Gasteiger partial charge in [-0.2, -0.15) is 0 Å². The fourth-order valence-electron chi connectivity index (χ4n) is 3.59. The standard InChI is InChI=1S/C19H30NO4P/c1-7-24-19-11-16-15(10-18(19)23-6)8-9-20(12-17(16)21)25(22,13(2)3)14(4)5/h10-11,13-14H,7-9,12H2,1-6H3. The summed E-state index contributed by atoms with van der Waals surface area (Å²) in [5.41, 5.74) is 1.64. The van der Waals surface area contributed by atoms with Crippen LogP contribution in [0, 0.1) is 0 Å². The van der Waals surface area contributed by atoms with Crippen LogP contribution in [0.1, 0.15) is 50.5 Å². The number of rotatable bonds is 6. The lowest BCUT2D eigenvalue weighted by molar-refractivity contribution is 0.0970. The molecule has 0 N–H and O–H groups in total. The molecule has 0 spiro atoms. The minimum atomic E-state index is -2.63. The van der Waals surface area contributed by atoms with E-state index in [1.807, 2.05) is 45.4 Å². The van der Waals surface area contributed by atoms with Gasteiger partial charge in [-0.15, -0.1) is 0 Å². The average molecular weight is 367 g/mol. The van der Waals surface area contributed by atoms with Crippen molar-refractivity contribution >= 4 is 13.1 Å². The lowest BCUT2D eigenvalue weighted by Crippen LogP contribution is -2.33. The van der Waals surface area contributed by atoms with Crippen molar-refractivity contribution in [3.63, 3.8) is 0 Å². The van der Waals surface area contributed by atoms with Crippen LogP contribution in [-0.4, -0.2) is 48.6 Å². The number of ether oxygens (including phenoxy) is 2. The van der Waals surface area contributed by atoms with Crippen LogP contribution in [0.2, 0.25) is 0 Å². The number of nitrogens with zero attached hydrogens (tertiary/aromatic N) is 1. The van der Waals surface area contributed by atoms with Gasteiger partial charge in [-0.25, -0.2) is 4.67 Å². The molecule has 0 aromatic heterocycles. The van der Waals surface area contributed by atoms with Gasteiger partial charge < -0.3 is 14.0 Å². The zero-order valence-corrected chi connectivity index (χ0v) is 17.1. The predicted octanol–water partition coefficient (Wildman–Crippen LogP) is 4.23. The molecule has 5 nitrogen and oxygen atoms in total. The van der Waals surface area contributed by atoms with Crippen molar-refractivity contribution in [3.05, 3.63) is 23.3 Å². The Hall–Kier alpha value is -1.32. The molecule has 0 atom stereocenters. The predicted molar refractivity (Wildman–Crippen MR) is 102 cm³/mol. The van der Waals surface area contributed by atoms with E-state index in [9.17, 15) is 9.36 Å². The fraction of sp³-hybridized carbons (Fsp3) is 0.632. The molecule has 6 heteroatoms. The van der Waals surface area contributed by atoms with Crippen LogP contribution in [0.25, 0.3) is 0 Å². The normalized spacial score (nSPS) is 16.1. The number of methoxy groups -OCH3 is 1. The molecule has 0 amide bonds. The number of fused-ring (bicyclic) bond motifs is 1. The monoisotopic (exact) mass is 367 g/mol. The van der Waals surface area contributed by atoms with Crippen molar-refractivity contribution in [1.82, 2.24) is 4.67 Å². The molecule has 0 unspecified atom stereocenters. The molecule has 25 heavy (non-hydrogen) atoms. The summed E-state index contributed by atoms with van der Waals surface area (Å²) in [4.78, 5) is 12.9. The van der Waals surface area contributed by atoms with Crippen LogP contribution in [0.4, 0.5) is 0 Å². The zero-order valence-electron chi connectivity index (χ0n) is 16.2. The Kier molecular flexibility index (Phi) is 6.34. The first kappa shape index (κ1) is 20.0. The van der Waals surface area contributed by atoms with Gasteiger partial charge in [0.2, 0.25) is 0 Å². The summed E-state index contributed by atoms with van der Waals surface area (Å²) in [6.45, 7) is 11.2. The second kappa shape index (κ2) is 7.92. The van der Waals surface area contributed by atoms with Gasteiger partial charge >= 0.3 is 0 Å². The molecule has 0 fully saturated rings. The third-order valence-corrected chi connectivity index (χ3v) is 9.06. The van der Waals surface area contributed by atoms with E-state index in [1.165, 1.54) is 0 Å². The topological polar surface area (TPSA) is 55.8 Å². The number of benzene rings is 1. The van der Waals surface area contributed by atoms with Gasteiger partial charge in [0.1, 0.15) is 0 Å². The molecule has 0 radical (unpaired) electrons. The van der Waals surface area contributed by atoms with E-state index in [-0.39, 0.29) is 23.6 Å². The van der Waals surface area contributed by atoms with Crippen molar-refractivity contribution < 1.29 is 18.8 Å². The molecule has 1 aliphatic rings. The summed E-state index contributed by atoms with van der Waals surface area (Å²) in [6, 6.07) is 3.66. The van der Waals surface area contributed by atoms with Crippen molar-refractivity contribution in [2.75, 3.05) is 26.8 Å². The molecule has 0 bridgehead atoms. The van der Waals surface area contributed by atoms with Crippen LogP contribution in [-0.2, 0) is 11.0 Å². The van der Waals surface area contributed by atoms with Crippen molar-refractivity contribution in [1.29, 1.82) is 0 Å². The van der Waals surface area contributed by atoms with Crippen LogP contribution >= 0.6 is 7.29 Å². The summed E-state index contributed by atoms with van der Waals surface area (Å²) in [6.07, 6.45) is 0.674. The fourth-order valence-corrected chi connectivity index (χ4v) is 6.85. The maximum atomic E-state index is 13.6. The summed E-state index contributed by atoms with van der Waals surface area (Å²) in [5.74, 6) is 1.22. The van der Waals surface area contributed by atoms with Crippen LogP contribution in [0.3, 0.4) is 0 Å². The summed E-state index contributed by atoms with van der Waals surface area (Å²) < 4.78 is 26.6. The first-order valence-electron chi connectivity index (χ1n) is 8.97. The second-order valence-electron chi connectivity index (χ2n) is 7.01. The number of Topliss-reactive ketones (excluding diaryl/α,β-unsaturated/α-hetero) is 1. The van der Waals surface area contributed by atoms with Gasteiger partial charge in [0.15, 0.2) is 24.6 Å². The maximum Gasteiger partial charge on any atom is 0.177 e. The molecule has 1 aromatic rings. The summed E-state index contributed by atoms with van der Waals surface area (Å²) in [5, 5.41) is 0. The summed E-state index contributed by atoms with van der Waals surface area (Å²) >= 11 is 0. The van der Waals surface area contributed by atoms with Gasteiger partial charge in [-0.05, 0) is 31.0 Å². The molecule has 2 rings (SSSR count). The molecule has 0 saturated heterocycles. The highest BCUT2D eigenvalue weighted by Crippen LogP contribution is 2.58. The van der Waals surface area contributed by atoms with Crippen LogP contribution < -0.4 is 9.47 Å². The number of carbonyl (C=O) groups excluding carboxylic acids is 1. The largest absolute Gasteiger partial charge is 0.493 e. The van der Waals surface area contributed by atoms with E-state index in [0.29, 0.717) is 36.6 Å². The van der Waals surface area contributed by atoms with Crippen LogP contribution in [0.5, 0.6) is 11.5 Å². The highest BCUT2D eigenvalue weighted by Gasteiger charge is 2.39. The van der Waals surface area contributed by atoms with Gasteiger partial charge in [0.25, 0.3) is 0 Å². The van der Waals surface area contributed by atoms with Crippen molar-refractivity contribution in [2.24, 2.45) is 0 Å². The first-order valence-corrected chi connectivity index (χ1v) is 10.8. The molecule has 1 aliphatic heterocycles. The van der Waals surface area contributed by atoms with E-state index in [4.69, 9.17) is 9.47 Å². The molecular weight excluding hydrogens is 337 g/mol. The van der Waals surface area contributed by atoms with Gasteiger partial charge in [-0.3, -0.25) is 4.79 Å². The number of hydrogen-bond acceptors (Lipinski definition) is 4. The highest BCUT2D eigenvalue weighted by molar-refractivity contribution is 7.62. The van der Waals surface area contributed by atoms with Gasteiger partial charge in [0.05, 0.1) is 20.3 Å². The van der Waals surface area contributed by atoms with E-state index in [0.717, 1.165) is 5.56 Å². The Morgan fingerprint density at radius 1 is 1.16 bits per heavy atom. The zero-order chi connectivity index (χ0) is 18.8. The Bertz CT molecular complexity index is 672. The van der Waals surface area contributed by atoms with Gasteiger partial charge in [0, 0.05) is 23.4 Å². The lowest BCUT2D eigenvalue weighted by Gasteiger charge is -2.36. The third kappa shape index (κ3) is 3.78. The quantitative estimate of drug-likeness (QED) is 0.704. The molecular formula is C19H30NO4P. The number of hydrogen-bond donors (Lipinski definition) is 0. The Morgan fingerprint density at radius 2 is 1.80 bits per heavy atom. The molecule has 140 valence electrons. The Labute approximate surface area is 151 Å². The van der Waals surface area contributed by atoms with Crippen LogP contribution in [0.15, 0.2) is 12.1 Å². The van der Waals surface area contributed by atoms with E-state index < -0.39 is 7.29 Å². The Morgan fingerprint density at radius 3 is 2.32 bits per heavy atom. The number of carbonyl (C=O) groups is 1. The minimum absolute atomic E-state index is 0.00219. The lowest BCUT2D eigenvalue weighted by atomic mass is 10.0.